The average Bonchev–Trinajstić information content (AvgIpc) is 3.17. The molecule has 1 heterocycles. The quantitative estimate of drug-likeness (QED) is 0.360. The Morgan fingerprint density at radius 1 is 1.12 bits per heavy atom. The number of anilines is 1. The molecule has 176 valence electrons. The topological polar surface area (TPSA) is 59.6 Å². The third kappa shape index (κ3) is 5.85. The van der Waals surface area contributed by atoms with Crippen LogP contribution in [0.2, 0.25) is 5.02 Å². The van der Waals surface area contributed by atoms with Crippen LogP contribution in [0.3, 0.4) is 0 Å². The number of hydrogen-bond donors (Lipinski definition) is 2. The highest BCUT2D eigenvalue weighted by Crippen LogP contribution is 2.39. The molecule has 0 radical (unpaired) electrons. The van der Waals surface area contributed by atoms with Gasteiger partial charge in [-0.25, -0.2) is 4.39 Å². The molecule has 0 bridgehead atoms. The van der Waals surface area contributed by atoms with E-state index in [2.05, 4.69) is 29.7 Å². The minimum absolute atomic E-state index is 0.167. The maximum absolute atomic E-state index is 13.1. The van der Waals surface area contributed by atoms with E-state index < -0.39 is 0 Å². The van der Waals surface area contributed by atoms with Crippen LogP contribution in [0.1, 0.15) is 23.6 Å². The largest absolute Gasteiger partial charge is 0.493 e. The number of carbonyl (C=O) groups excluding carboxylic acids is 1. The van der Waals surface area contributed by atoms with Crippen molar-refractivity contribution in [1.29, 1.82) is 0 Å². The van der Waals surface area contributed by atoms with Gasteiger partial charge in [0.25, 0.3) is 5.91 Å². The van der Waals surface area contributed by atoms with E-state index in [-0.39, 0.29) is 23.8 Å². The molecule has 0 unspecified atom stereocenters. The third-order valence-corrected chi connectivity index (χ3v) is 6.55. The molecule has 1 atom stereocenters. The smallest absolute Gasteiger partial charge is 0.260 e. The van der Waals surface area contributed by atoms with Gasteiger partial charge in [-0.15, -0.1) is 0 Å². The Bertz CT molecular complexity index is 1200. The molecule has 0 saturated carbocycles. The second-order valence-corrected chi connectivity index (χ2v) is 9.18. The highest BCUT2D eigenvalue weighted by atomic mass is 35.5. The first kappa shape index (κ1) is 24.0. The van der Waals surface area contributed by atoms with Crippen LogP contribution in [0.4, 0.5) is 10.1 Å². The molecular formula is C26H24ClFN2O3S. The van der Waals surface area contributed by atoms with Crippen molar-refractivity contribution in [1.82, 2.24) is 5.32 Å². The highest BCUT2D eigenvalue weighted by molar-refractivity contribution is 8.05. The zero-order chi connectivity index (χ0) is 24.1. The lowest BCUT2D eigenvalue weighted by Crippen LogP contribution is -2.30. The summed E-state index contributed by atoms with van der Waals surface area (Å²) in [5, 5.41) is 6.59. The number of halogens is 2. The summed E-state index contributed by atoms with van der Waals surface area (Å²) < 4.78 is 24.4. The summed E-state index contributed by atoms with van der Waals surface area (Å²) in [4.78, 5) is 13.1. The van der Waals surface area contributed by atoms with Crippen molar-refractivity contribution < 1.29 is 18.7 Å². The van der Waals surface area contributed by atoms with Crippen molar-refractivity contribution in [3.8, 4) is 11.5 Å². The molecule has 3 aromatic rings. The Kier molecular flexibility index (Phi) is 7.65. The summed E-state index contributed by atoms with van der Waals surface area (Å²) in [6.07, 6.45) is 2.74. The maximum Gasteiger partial charge on any atom is 0.260 e. The summed E-state index contributed by atoms with van der Waals surface area (Å²) in [6, 6.07) is 17.7. The van der Waals surface area contributed by atoms with Gasteiger partial charge in [0.2, 0.25) is 0 Å². The predicted octanol–water partition coefficient (Wildman–Crippen LogP) is 6.23. The fraction of sp³-hybridized carbons (Fsp3) is 0.192. The van der Waals surface area contributed by atoms with Crippen molar-refractivity contribution in [2.75, 3.05) is 12.4 Å². The molecule has 8 heteroatoms. The van der Waals surface area contributed by atoms with Gasteiger partial charge >= 0.3 is 0 Å². The molecular weight excluding hydrogens is 475 g/mol. The SMILES string of the molecule is CCc1ccc(N[C@H]2NC(=O)/C(=C/c3cc(Cl)c(OCc4ccc(F)cc4)c(OC)c3)S2)cc1. The van der Waals surface area contributed by atoms with Crippen LogP contribution in [0.25, 0.3) is 6.08 Å². The normalized spacial score (nSPS) is 16.4. The van der Waals surface area contributed by atoms with Crippen molar-refractivity contribution in [2.24, 2.45) is 0 Å². The van der Waals surface area contributed by atoms with Crippen molar-refractivity contribution >= 4 is 41.0 Å². The van der Waals surface area contributed by atoms with Gasteiger partial charge in [0.15, 0.2) is 17.0 Å². The van der Waals surface area contributed by atoms with Crippen molar-refractivity contribution in [3.63, 3.8) is 0 Å². The first-order chi connectivity index (χ1) is 16.4. The first-order valence-corrected chi connectivity index (χ1v) is 12.0. The van der Waals surface area contributed by atoms with E-state index in [0.29, 0.717) is 27.0 Å². The van der Waals surface area contributed by atoms with E-state index >= 15 is 0 Å². The zero-order valence-electron chi connectivity index (χ0n) is 18.7. The number of carbonyl (C=O) groups is 1. The van der Waals surface area contributed by atoms with Gasteiger partial charge in [-0.05, 0) is 65.6 Å². The number of methoxy groups -OCH3 is 1. The van der Waals surface area contributed by atoms with Crippen molar-refractivity contribution in [3.05, 3.63) is 93.1 Å². The number of amides is 1. The summed E-state index contributed by atoms with van der Waals surface area (Å²) in [5.74, 6) is 0.349. The van der Waals surface area contributed by atoms with Crippen LogP contribution in [0, 0.1) is 5.82 Å². The van der Waals surface area contributed by atoms with E-state index in [1.807, 2.05) is 12.1 Å². The lowest BCUT2D eigenvalue weighted by molar-refractivity contribution is -0.116. The summed E-state index contributed by atoms with van der Waals surface area (Å²) in [5.41, 5.74) is 3.42. The number of hydrogen-bond acceptors (Lipinski definition) is 5. The average molecular weight is 499 g/mol. The fourth-order valence-corrected chi connectivity index (χ4v) is 4.66. The highest BCUT2D eigenvalue weighted by Gasteiger charge is 2.27. The fourth-order valence-electron chi connectivity index (χ4n) is 3.40. The Morgan fingerprint density at radius 2 is 1.82 bits per heavy atom. The number of nitrogens with one attached hydrogen (secondary N) is 2. The molecule has 0 aromatic heterocycles. The van der Waals surface area contributed by atoms with Crippen LogP contribution < -0.4 is 20.1 Å². The minimum Gasteiger partial charge on any atom is -0.493 e. The molecule has 2 N–H and O–H groups in total. The van der Waals surface area contributed by atoms with Gasteiger partial charge in [0.05, 0.1) is 17.0 Å². The Balaban J connectivity index is 1.46. The maximum atomic E-state index is 13.1. The molecule has 4 rings (SSSR count). The summed E-state index contributed by atoms with van der Waals surface area (Å²) in [6.45, 7) is 2.32. The van der Waals surface area contributed by atoms with Crippen LogP contribution in [-0.2, 0) is 17.8 Å². The van der Waals surface area contributed by atoms with Gasteiger partial charge in [0, 0.05) is 5.69 Å². The molecule has 1 aliphatic rings. The van der Waals surface area contributed by atoms with Gasteiger partial charge < -0.3 is 20.1 Å². The third-order valence-electron chi connectivity index (χ3n) is 5.24. The van der Waals surface area contributed by atoms with Gasteiger partial charge in [0.1, 0.15) is 12.4 Å². The van der Waals surface area contributed by atoms with E-state index in [0.717, 1.165) is 17.7 Å². The second kappa shape index (κ2) is 10.8. The monoisotopic (exact) mass is 498 g/mol. The van der Waals surface area contributed by atoms with Crippen molar-refractivity contribution in [2.45, 2.75) is 25.4 Å². The summed E-state index contributed by atoms with van der Waals surface area (Å²) in [7, 11) is 1.52. The molecule has 5 nitrogen and oxygen atoms in total. The molecule has 1 aliphatic heterocycles. The standard InChI is InChI=1S/C26H24ClFN2O3S/c1-3-16-6-10-20(11-7-16)29-26-30-25(31)23(34-26)14-18-12-21(27)24(22(13-18)32-2)33-15-17-4-8-19(28)9-5-17/h4-14,26,29H,3,15H2,1-2H3,(H,30,31)/b23-14-/t26-/m0/s1. The van der Waals surface area contributed by atoms with Gasteiger partial charge in [-0.3, -0.25) is 4.79 Å². The number of rotatable bonds is 8. The first-order valence-electron chi connectivity index (χ1n) is 10.7. The van der Waals surface area contributed by atoms with Crippen LogP contribution >= 0.6 is 23.4 Å². The zero-order valence-corrected chi connectivity index (χ0v) is 20.3. The molecule has 0 spiro atoms. The molecule has 0 aliphatic carbocycles. The molecule has 3 aromatic carbocycles. The predicted molar refractivity (Wildman–Crippen MR) is 136 cm³/mol. The Labute approximate surface area is 207 Å². The van der Waals surface area contributed by atoms with E-state index in [4.69, 9.17) is 21.1 Å². The van der Waals surface area contributed by atoms with Crippen LogP contribution in [0.5, 0.6) is 11.5 Å². The van der Waals surface area contributed by atoms with Gasteiger partial charge in [-0.1, -0.05) is 54.6 Å². The number of benzene rings is 3. The Hall–Kier alpha value is -3.16. The number of thioether (sulfide) groups is 1. The molecule has 1 amide bonds. The van der Waals surface area contributed by atoms with Crippen LogP contribution in [0.15, 0.2) is 65.6 Å². The second-order valence-electron chi connectivity index (χ2n) is 7.62. The summed E-state index contributed by atoms with van der Waals surface area (Å²) >= 11 is 7.87. The lowest BCUT2D eigenvalue weighted by atomic mass is 10.1. The lowest BCUT2D eigenvalue weighted by Gasteiger charge is -2.14. The number of aryl methyl sites for hydroxylation is 1. The van der Waals surface area contributed by atoms with Crippen LogP contribution in [-0.4, -0.2) is 18.5 Å². The molecule has 1 fully saturated rings. The molecule has 1 saturated heterocycles. The number of ether oxygens (including phenoxy) is 2. The van der Waals surface area contributed by atoms with E-state index in [9.17, 15) is 9.18 Å². The Morgan fingerprint density at radius 3 is 2.50 bits per heavy atom. The van der Waals surface area contributed by atoms with Gasteiger partial charge in [-0.2, -0.15) is 0 Å². The van der Waals surface area contributed by atoms with E-state index in [1.165, 1.54) is 36.6 Å². The van der Waals surface area contributed by atoms with E-state index in [1.54, 1.807) is 30.3 Å². The molecule has 34 heavy (non-hydrogen) atoms. The minimum atomic E-state index is -0.308.